The van der Waals surface area contributed by atoms with Crippen LogP contribution in [0.1, 0.15) is 16.7 Å². The summed E-state index contributed by atoms with van der Waals surface area (Å²) in [4.78, 5) is 0. The van der Waals surface area contributed by atoms with E-state index >= 15 is 0 Å². The highest BCUT2D eigenvalue weighted by Gasteiger charge is 2.13. The monoisotopic (exact) mass is 535 g/mol. The minimum atomic E-state index is -0.381. The Kier molecular flexibility index (Phi) is 6.72. The van der Waals surface area contributed by atoms with Crippen LogP contribution in [0.15, 0.2) is 78.9 Å². The van der Waals surface area contributed by atoms with Gasteiger partial charge in [-0.25, -0.2) is 4.39 Å². The molecule has 0 unspecified atom stereocenters. The molecule has 5 heteroatoms. The third-order valence-electron chi connectivity index (χ3n) is 5.07. The minimum absolute atomic E-state index is 0.367. The number of nitriles is 1. The maximum atomic E-state index is 13.6. The van der Waals surface area contributed by atoms with Gasteiger partial charge in [-0.1, -0.05) is 54.6 Å². The standard InChI is InChI=1S/C27H19FINO2/c1-31-26-14-18(12-22(16-30)20-8-5-10-23(28)15-20)13-25(29)27(26)32-17-21-9-4-7-19-6-2-3-11-24(19)21/h2-15H,17H2,1H3/b22-12-. The van der Waals surface area contributed by atoms with E-state index in [2.05, 4.69) is 52.9 Å². The normalized spacial score (nSPS) is 11.2. The number of hydrogen-bond acceptors (Lipinski definition) is 3. The number of methoxy groups -OCH3 is 1. The van der Waals surface area contributed by atoms with Crippen LogP contribution < -0.4 is 9.47 Å². The lowest BCUT2D eigenvalue weighted by Gasteiger charge is -2.15. The molecule has 0 bridgehead atoms. The van der Waals surface area contributed by atoms with Crippen LogP contribution in [0.5, 0.6) is 11.5 Å². The van der Waals surface area contributed by atoms with Crippen LogP contribution in [0, 0.1) is 20.7 Å². The van der Waals surface area contributed by atoms with Gasteiger partial charge in [-0.3, -0.25) is 0 Å². The van der Waals surface area contributed by atoms with Gasteiger partial charge in [0, 0.05) is 0 Å². The van der Waals surface area contributed by atoms with E-state index in [0.29, 0.717) is 29.2 Å². The average molecular weight is 535 g/mol. The highest BCUT2D eigenvalue weighted by atomic mass is 127. The van der Waals surface area contributed by atoms with E-state index in [9.17, 15) is 9.65 Å². The summed E-state index contributed by atoms with van der Waals surface area (Å²) >= 11 is 2.20. The molecule has 0 atom stereocenters. The molecule has 0 aromatic heterocycles. The number of halogens is 2. The van der Waals surface area contributed by atoms with Gasteiger partial charge in [0.15, 0.2) is 11.5 Å². The second-order valence-electron chi connectivity index (χ2n) is 7.14. The number of fused-ring (bicyclic) bond motifs is 1. The van der Waals surface area contributed by atoms with Gasteiger partial charge >= 0.3 is 0 Å². The Balaban J connectivity index is 1.64. The molecule has 0 saturated carbocycles. The Hall–Kier alpha value is -3.37. The van der Waals surface area contributed by atoms with Gasteiger partial charge in [-0.2, -0.15) is 5.26 Å². The topological polar surface area (TPSA) is 42.2 Å². The van der Waals surface area contributed by atoms with Gasteiger partial charge in [0.05, 0.1) is 22.3 Å². The number of hydrogen-bond donors (Lipinski definition) is 0. The maximum absolute atomic E-state index is 13.6. The van der Waals surface area contributed by atoms with E-state index in [1.807, 2.05) is 30.3 Å². The molecule has 3 nitrogen and oxygen atoms in total. The van der Waals surface area contributed by atoms with Crippen LogP contribution >= 0.6 is 22.6 Å². The van der Waals surface area contributed by atoms with E-state index in [0.717, 1.165) is 25.5 Å². The SMILES string of the molecule is COc1cc(/C=C(/C#N)c2cccc(F)c2)cc(I)c1OCc1cccc2ccccc12. The van der Waals surface area contributed by atoms with Crippen LogP contribution in [-0.4, -0.2) is 7.11 Å². The van der Waals surface area contributed by atoms with Gasteiger partial charge in [0.2, 0.25) is 0 Å². The second kappa shape index (κ2) is 9.84. The lowest BCUT2D eigenvalue weighted by Crippen LogP contribution is -2.01. The molecule has 0 aliphatic rings. The lowest BCUT2D eigenvalue weighted by molar-refractivity contribution is 0.283. The zero-order chi connectivity index (χ0) is 22.5. The van der Waals surface area contributed by atoms with Crippen molar-refractivity contribution in [2.24, 2.45) is 0 Å². The summed E-state index contributed by atoms with van der Waals surface area (Å²) in [6, 6.07) is 26.2. The van der Waals surface area contributed by atoms with E-state index in [4.69, 9.17) is 9.47 Å². The molecular weight excluding hydrogens is 516 g/mol. The molecule has 0 spiro atoms. The van der Waals surface area contributed by atoms with Gasteiger partial charge in [-0.05, 0) is 80.4 Å². The first kappa shape index (κ1) is 21.8. The molecule has 32 heavy (non-hydrogen) atoms. The summed E-state index contributed by atoms with van der Waals surface area (Å²) < 4.78 is 26.2. The molecule has 0 N–H and O–H groups in total. The van der Waals surface area contributed by atoms with Crippen LogP contribution in [0.4, 0.5) is 4.39 Å². The van der Waals surface area contributed by atoms with Crippen molar-refractivity contribution < 1.29 is 13.9 Å². The van der Waals surface area contributed by atoms with Crippen LogP contribution in [0.25, 0.3) is 22.4 Å². The third-order valence-corrected chi connectivity index (χ3v) is 5.87. The quantitative estimate of drug-likeness (QED) is 0.149. The van der Waals surface area contributed by atoms with Crippen molar-refractivity contribution in [1.29, 1.82) is 5.26 Å². The van der Waals surface area contributed by atoms with Gasteiger partial charge in [0.25, 0.3) is 0 Å². The Morgan fingerprint density at radius 3 is 2.59 bits per heavy atom. The summed E-state index contributed by atoms with van der Waals surface area (Å²) in [7, 11) is 1.58. The van der Waals surface area contributed by atoms with Gasteiger partial charge in [-0.15, -0.1) is 0 Å². The molecule has 0 saturated heterocycles. The molecular formula is C27H19FINO2. The van der Waals surface area contributed by atoms with Crippen molar-refractivity contribution in [2.45, 2.75) is 6.61 Å². The summed E-state index contributed by atoms with van der Waals surface area (Å²) in [6.07, 6.45) is 1.72. The molecule has 0 radical (unpaired) electrons. The molecule has 158 valence electrons. The van der Waals surface area contributed by atoms with Crippen molar-refractivity contribution in [3.8, 4) is 17.6 Å². The number of ether oxygens (including phenoxy) is 2. The largest absolute Gasteiger partial charge is 0.493 e. The lowest BCUT2D eigenvalue weighted by atomic mass is 10.0. The van der Waals surface area contributed by atoms with Crippen molar-refractivity contribution in [3.05, 3.63) is 105 Å². The highest BCUT2D eigenvalue weighted by Crippen LogP contribution is 2.36. The smallest absolute Gasteiger partial charge is 0.174 e. The fourth-order valence-electron chi connectivity index (χ4n) is 3.53. The number of allylic oxidation sites excluding steroid dienone is 1. The Bertz CT molecular complexity index is 1350. The van der Waals surface area contributed by atoms with E-state index in [1.54, 1.807) is 25.3 Å². The van der Waals surface area contributed by atoms with E-state index in [-0.39, 0.29) is 5.82 Å². The molecule has 4 rings (SSSR count). The van der Waals surface area contributed by atoms with Crippen LogP contribution in [0.2, 0.25) is 0 Å². The van der Waals surface area contributed by atoms with Crippen LogP contribution in [0.3, 0.4) is 0 Å². The first-order valence-corrected chi connectivity index (χ1v) is 11.0. The van der Waals surface area contributed by atoms with Crippen molar-refractivity contribution in [1.82, 2.24) is 0 Å². The first-order chi connectivity index (χ1) is 15.6. The average Bonchev–Trinajstić information content (AvgIpc) is 2.81. The molecule has 0 heterocycles. The zero-order valence-electron chi connectivity index (χ0n) is 17.3. The van der Waals surface area contributed by atoms with Crippen molar-refractivity contribution in [2.75, 3.05) is 7.11 Å². The summed E-state index contributed by atoms with van der Waals surface area (Å²) in [5.41, 5.74) is 2.75. The third kappa shape index (κ3) is 4.76. The molecule has 0 fully saturated rings. The maximum Gasteiger partial charge on any atom is 0.174 e. The molecule has 0 amide bonds. The zero-order valence-corrected chi connectivity index (χ0v) is 19.5. The first-order valence-electron chi connectivity index (χ1n) is 9.94. The number of nitrogens with zero attached hydrogens (tertiary/aromatic N) is 1. The Morgan fingerprint density at radius 1 is 1.03 bits per heavy atom. The highest BCUT2D eigenvalue weighted by molar-refractivity contribution is 14.1. The fourth-order valence-corrected chi connectivity index (χ4v) is 4.32. The number of benzene rings is 4. The minimum Gasteiger partial charge on any atom is -0.493 e. The predicted octanol–water partition coefficient (Wildman–Crippen LogP) is 7.24. The molecule has 0 aliphatic heterocycles. The Morgan fingerprint density at radius 2 is 1.81 bits per heavy atom. The van der Waals surface area contributed by atoms with Crippen molar-refractivity contribution >= 4 is 45.0 Å². The number of rotatable bonds is 6. The van der Waals surface area contributed by atoms with Crippen molar-refractivity contribution in [3.63, 3.8) is 0 Å². The predicted molar refractivity (Wildman–Crippen MR) is 134 cm³/mol. The summed E-state index contributed by atoms with van der Waals surface area (Å²) in [6.45, 7) is 0.398. The van der Waals surface area contributed by atoms with E-state index < -0.39 is 0 Å². The van der Waals surface area contributed by atoms with E-state index in [1.165, 1.54) is 12.1 Å². The molecule has 4 aromatic rings. The molecule has 0 aliphatic carbocycles. The van der Waals surface area contributed by atoms with Gasteiger partial charge in [0.1, 0.15) is 12.4 Å². The Labute approximate surface area is 199 Å². The molecule has 4 aromatic carbocycles. The van der Waals surface area contributed by atoms with Gasteiger partial charge < -0.3 is 9.47 Å². The van der Waals surface area contributed by atoms with Crippen LogP contribution in [-0.2, 0) is 6.61 Å². The summed E-state index contributed by atoms with van der Waals surface area (Å²) in [5.74, 6) is 0.829. The second-order valence-corrected chi connectivity index (χ2v) is 8.30. The summed E-state index contributed by atoms with van der Waals surface area (Å²) in [5, 5.41) is 11.9. The fraction of sp³-hybridized carbons (Fsp3) is 0.0741.